The smallest absolute Gasteiger partial charge is 0.124 e. The molecule has 0 saturated heterocycles. The van der Waals surface area contributed by atoms with E-state index in [4.69, 9.17) is 0 Å². The lowest BCUT2D eigenvalue weighted by molar-refractivity contribution is 0.00612. The molecule has 0 aliphatic heterocycles. The fourth-order valence-electron chi connectivity index (χ4n) is 4.62. The Hall–Kier alpha value is -0.120. The van der Waals surface area contributed by atoms with E-state index in [2.05, 4.69) is 62.3 Å². The minimum atomic E-state index is -0.217. The quantitative estimate of drug-likeness (QED) is 0.319. The average molecular weight is 416 g/mol. The maximum absolute atomic E-state index is 11.5. The Morgan fingerprint density at radius 2 is 2.09 bits per heavy atom. The number of aliphatic hydroxyl groups is 1. The molecule has 0 unspecified atom stereocenters. The van der Waals surface area contributed by atoms with E-state index >= 15 is 0 Å². The fourth-order valence-corrected chi connectivity index (χ4v) is 5.27. The second-order valence-electron chi connectivity index (χ2n) is 7.70. The molecule has 0 aromatic rings. The zero-order valence-corrected chi connectivity index (χ0v) is 16.3. The summed E-state index contributed by atoms with van der Waals surface area (Å²) in [7, 11) is 0. The van der Waals surface area contributed by atoms with Crippen molar-refractivity contribution >= 4 is 28.5 Å². The van der Waals surface area contributed by atoms with Crippen LogP contribution in [0.3, 0.4) is 0 Å². The van der Waals surface area contributed by atoms with Gasteiger partial charge < -0.3 is 5.11 Å². The van der Waals surface area contributed by atoms with Gasteiger partial charge in [-0.15, -0.1) is 0 Å². The summed E-state index contributed by atoms with van der Waals surface area (Å²) in [4.78, 5) is 11.5. The molecule has 0 heterocycles. The Kier molecular flexibility index (Phi) is 6.32. The molecule has 0 aromatic carbocycles. The maximum Gasteiger partial charge on any atom is 0.124 e. The third kappa shape index (κ3) is 3.68. The van der Waals surface area contributed by atoms with Gasteiger partial charge in [0.1, 0.15) is 5.94 Å². The SMILES string of the molecule is CC1=C[C@@H]2[C@H]([C@H](C)CI)C[C@H](O)C[C@@H]2[C@H](C(=C=O)C(C)C)C1. The molecule has 1 N–H and O–H groups in total. The molecule has 1 saturated carbocycles. The lowest BCUT2D eigenvalue weighted by Crippen LogP contribution is -2.43. The van der Waals surface area contributed by atoms with Gasteiger partial charge >= 0.3 is 0 Å². The summed E-state index contributed by atoms with van der Waals surface area (Å²) in [6.07, 6.45) is 4.93. The second kappa shape index (κ2) is 7.63. The molecule has 2 aliphatic carbocycles. The molecule has 0 radical (unpaired) electrons. The van der Waals surface area contributed by atoms with Crippen LogP contribution in [0.1, 0.15) is 47.0 Å². The lowest BCUT2D eigenvalue weighted by atomic mass is 9.58. The van der Waals surface area contributed by atoms with Crippen molar-refractivity contribution in [1.82, 2.24) is 0 Å². The van der Waals surface area contributed by atoms with Gasteiger partial charge in [-0.25, -0.2) is 4.79 Å². The van der Waals surface area contributed by atoms with Gasteiger partial charge in [-0.1, -0.05) is 55.0 Å². The van der Waals surface area contributed by atoms with Gasteiger partial charge in [0.25, 0.3) is 0 Å². The summed E-state index contributed by atoms with van der Waals surface area (Å²) >= 11 is 2.46. The van der Waals surface area contributed by atoms with Crippen LogP contribution in [-0.2, 0) is 4.79 Å². The highest BCUT2D eigenvalue weighted by molar-refractivity contribution is 14.1. The van der Waals surface area contributed by atoms with Crippen LogP contribution in [0.5, 0.6) is 0 Å². The summed E-state index contributed by atoms with van der Waals surface area (Å²) in [6, 6.07) is 0. The summed E-state index contributed by atoms with van der Waals surface area (Å²) in [5.41, 5.74) is 2.33. The Balaban J connectivity index is 2.38. The van der Waals surface area contributed by atoms with E-state index in [0.29, 0.717) is 23.7 Å². The molecule has 0 amide bonds. The monoisotopic (exact) mass is 416 g/mol. The number of rotatable bonds is 4. The standard InChI is InChI=1S/C19H29IO2/c1-11(2)19(10-21)17-6-12(3)5-16-15(13(4)9-20)7-14(22)8-18(16)17/h5,11,13-18,22H,6-9H2,1-4H3/t13-,14+,15+,16-,17-,18+/m1/s1. The summed E-state index contributed by atoms with van der Waals surface area (Å²) in [5.74, 6) is 4.82. The first-order valence-electron chi connectivity index (χ1n) is 8.55. The van der Waals surface area contributed by atoms with Crippen molar-refractivity contribution in [2.24, 2.45) is 35.5 Å². The van der Waals surface area contributed by atoms with Crippen molar-refractivity contribution in [1.29, 1.82) is 0 Å². The molecule has 0 bridgehead atoms. The van der Waals surface area contributed by atoms with E-state index in [0.717, 1.165) is 29.3 Å². The highest BCUT2D eigenvalue weighted by atomic mass is 127. The fraction of sp³-hybridized carbons (Fsp3) is 0.789. The molecule has 3 heteroatoms. The summed E-state index contributed by atoms with van der Waals surface area (Å²) in [6.45, 7) is 8.68. The zero-order valence-electron chi connectivity index (χ0n) is 14.2. The second-order valence-corrected chi connectivity index (χ2v) is 8.58. The number of alkyl halides is 1. The molecular formula is C19H29IO2. The molecule has 1 fully saturated rings. The number of allylic oxidation sites excluding steroid dienone is 3. The normalized spacial score (nSPS) is 36.3. The highest BCUT2D eigenvalue weighted by Gasteiger charge is 2.45. The van der Waals surface area contributed by atoms with Gasteiger partial charge in [-0.2, -0.15) is 0 Å². The van der Waals surface area contributed by atoms with Crippen molar-refractivity contribution in [3.8, 4) is 0 Å². The van der Waals surface area contributed by atoms with E-state index in [1.54, 1.807) is 0 Å². The van der Waals surface area contributed by atoms with Crippen molar-refractivity contribution in [2.45, 2.75) is 53.1 Å². The zero-order chi connectivity index (χ0) is 16.4. The highest BCUT2D eigenvalue weighted by Crippen LogP contribution is 2.50. The number of hydrogen-bond donors (Lipinski definition) is 1. The molecule has 22 heavy (non-hydrogen) atoms. The van der Waals surface area contributed by atoms with E-state index in [1.807, 2.05) is 0 Å². The minimum absolute atomic E-state index is 0.217. The summed E-state index contributed by atoms with van der Waals surface area (Å²) < 4.78 is 1.12. The van der Waals surface area contributed by atoms with Crippen LogP contribution in [0.4, 0.5) is 0 Å². The average Bonchev–Trinajstić information content (AvgIpc) is 2.46. The Bertz CT molecular complexity index is 476. The predicted octanol–water partition coefficient (Wildman–Crippen LogP) is 4.44. The molecule has 2 aliphatic rings. The number of hydrogen-bond acceptors (Lipinski definition) is 2. The van der Waals surface area contributed by atoms with Crippen molar-refractivity contribution in [3.63, 3.8) is 0 Å². The third-order valence-electron chi connectivity index (χ3n) is 5.73. The van der Waals surface area contributed by atoms with Crippen LogP contribution in [0, 0.1) is 35.5 Å². The van der Waals surface area contributed by atoms with Crippen LogP contribution < -0.4 is 0 Å². The van der Waals surface area contributed by atoms with Crippen LogP contribution in [0.25, 0.3) is 0 Å². The third-order valence-corrected chi connectivity index (χ3v) is 7.12. The van der Waals surface area contributed by atoms with Crippen LogP contribution in [-0.4, -0.2) is 21.6 Å². The lowest BCUT2D eigenvalue weighted by Gasteiger charge is -2.48. The van der Waals surface area contributed by atoms with E-state index in [-0.39, 0.29) is 17.9 Å². The number of carbonyl (C=O) groups excluding carboxylic acids is 1. The largest absolute Gasteiger partial charge is 0.393 e. The van der Waals surface area contributed by atoms with Gasteiger partial charge in [0, 0.05) is 10.0 Å². The number of halogens is 1. The van der Waals surface area contributed by atoms with Gasteiger partial charge in [-0.3, -0.25) is 0 Å². The summed E-state index contributed by atoms with van der Waals surface area (Å²) in [5, 5.41) is 10.4. The maximum atomic E-state index is 11.5. The first-order valence-corrected chi connectivity index (χ1v) is 10.1. The van der Waals surface area contributed by atoms with E-state index in [1.165, 1.54) is 5.57 Å². The van der Waals surface area contributed by atoms with Gasteiger partial charge in [0.2, 0.25) is 0 Å². The van der Waals surface area contributed by atoms with Gasteiger partial charge in [-0.05, 0) is 61.7 Å². The van der Waals surface area contributed by atoms with Crippen LogP contribution in [0.15, 0.2) is 17.2 Å². The molecule has 0 aromatic heterocycles. The molecule has 0 spiro atoms. The molecular weight excluding hydrogens is 387 g/mol. The molecule has 6 atom stereocenters. The first kappa shape index (κ1) is 18.2. The topological polar surface area (TPSA) is 37.3 Å². The van der Waals surface area contributed by atoms with Crippen LogP contribution >= 0.6 is 22.6 Å². The first-order chi connectivity index (χ1) is 10.4. The molecule has 2 nitrogen and oxygen atoms in total. The number of aliphatic hydroxyl groups excluding tert-OH is 1. The van der Waals surface area contributed by atoms with Gasteiger partial charge in [0.15, 0.2) is 0 Å². The van der Waals surface area contributed by atoms with Crippen molar-refractivity contribution < 1.29 is 9.90 Å². The number of fused-ring (bicyclic) bond motifs is 1. The Labute approximate surface area is 148 Å². The van der Waals surface area contributed by atoms with Crippen molar-refractivity contribution in [3.05, 3.63) is 17.2 Å². The molecule has 2 rings (SSSR count). The predicted molar refractivity (Wildman–Crippen MR) is 99.7 cm³/mol. The Morgan fingerprint density at radius 3 is 2.64 bits per heavy atom. The van der Waals surface area contributed by atoms with E-state index < -0.39 is 0 Å². The minimum Gasteiger partial charge on any atom is -0.393 e. The van der Waals surface area contributed by atoms with E-state index in [9.17, 15) is 9.90 Å². The Morgan fingerprint density at radius 1 is 1.41 bits per heavy atom. The molecule has 124 valence electrons. The van der Waals surface area contributed by atoms with Crippen molar-refractivity contribution in [2.75, 3.05) is 4.43 Å². The van der Waals surface area contributed by atoms with Crippen LogP contribution in [0.2, 0.25) is 0 Å². The van der Waals surface area contributed by atoms with Gasteiger partial charge in [0.05, 0.1) is 6.10 Å².